The largest absolute Gasteiger partial charge is 0.476 e. The first kappa shape index (κ1) is 13.5. The van der Waals surface area contributed by atoms with Crippen LogP contribution in [-0.2, 0) is 0 Å². The van der Waals surface area contributed by atoms with E-state index in [1.807, 2.05) is 30.3 Å². The molecule has 5 heteroatoms. The normalized spacial score (nSPS) is 10.5. The minimum atomic E-state index is -1.12. The topological polar surface area (TPSA) is 50.2 Å². The number of aromatic carboxylic acids is 1. The molecule has 104 valence electrons. The summed E-state index contributed by atoms with van der Waals surface area (Å²) in [7, 11) is 0. The van der Waals surface area contributed by atoms with Crippen molar-refractivity contribution in [3.8, 4) is 21.0 Å². The van der Waals surface area contributed by atoms with E-state index in [9.17, 15) is 14.3 Å². The van der Waals surface area contributed by atoms with Gasteiger partial charge < -0.3 is 5.11 Å². The van der Waals surface area contributed by atoms with Crippen LogP contribution in [0.15, 0.2) is 54.6 Å². The zero-order valence-corrected chi connectivity index (χ0v) is 11.6. The van der Waals surface area contributed by atoms with Crippen molar-refractivity contribution >= 4 is 17.3 Å². The Hall–Kier alpha value is -2.53. The molecule has 0 spiro atoms. The second-order valence-corrected chi connectivity index (χ2v) is 5.35. The summed E-state index contributed by atoms with van der Waals surface area (Å²) in [5, 5.41) is 9.67. The van der Waals surface area contributed by atoms with Gasteiger partial charge in [-0.1, -0.05) is 42.5 Å². The predicted octanol–water partition coefficient (Wildman–Crippen LogP) is 4.31. The van der Waals surface area contributed by atoms with Gasteiger partial charge in [-0.25, -0.2) is 14.2 Å². The maximum absolute atomic E-state index is 13.8. The summed E-state index contributed by atoms with van der Waals surface area (Å²) in [6.07, 6.45) is 0. The summed E-state index contributed by atoms with van der Waals surface area (Å²) in [5.41, 5.74) is 1.02. The van der Waals surface area contributed by atoms with Gasteiger partial charge in [0.15, 0.2) is 5.69 Å². The molecule has 0 atom stereocenters. The smallest absolute Gasteiger partial charge is 0.356 e. The molecule has 0 aliphatic heterocycles. The van der Waals surface area contributed by atoms with E-state index in [4.69, 9.17) is 0 Å². The molecule has 3 rings (SSSR count). The number of aromatic nitrogens is 1. The van der Waals surface area contributed by atoms with Gasteiger partial charge in [0.25, 0.3) is 0 Å². The van der Waals surface area contributed by atoms with Gasteiger partial charge in [-0.05, 0) is 17.7 Å². The van der Waals surface area contributed by atoms with Gasteiger partial charge in [0.2, 0.25) is 0 Å². The summed E-state index contributed by atoms with van der Waals surface area (Å²) in [6.45, 7) is 0. The van der Waals surface area contributed by atoms with Gasteiger partial charge in [-0.15, -0.1) is 11.3 Å². The van der Waals surface area contributed by atoms with Gasteiger partial charge in [0.1, 0.15) is 10.8 Å². The number of thiazole rings is 1. The first-order valence-corrected chi connectivity index (χ1v) is 7.03. The molecule has 0 aliphatic rings. The molecule has 21 heavy (non-hydrogen) atoms. The standard InChI is InChI=1S/C16H10FNO2S/c17-12-9-5-4-8-11(12)15-18-13(16(19)20)14(21-15)10-6-2-1-3-7-10/h1-9H,(H,19,20). The summed E-state index contributed by atoms with van der Waals surface area (Å²) in [4.78, 5) is 16.0. The maximum Gasteiger partial charge on any atom is 0.356 e. The molecular formula is C16H10FNO2S. The Bertz CT molecular complexity index is 799. The van der Waals surface area contributed by atoms with Gasteiger partial charge >= 0.3 is 5.97 Å². The van der Waals surface area contributed by atoms with Crippen LogP contribution < -0.4 is 0 Å². The van der Waals surface area contributed by atoms with Crippen molar-refractivity contribution in [2.45, 2.75) is 0 Å². The van der Waals surface area contributed by atoms with E-state index < -0.39 is 11.8 Å². The average Bonchev–Trinajstić information content (AvgIpc) is 2.94. The summed E-state index contributed by atoms with van der Waals surface area (Å²) < 4.78 is 13.8. The fourth-order valence-electron chi connectivity index (χ4n) is 2.00. The highest BCUT2D eigenvalue weighted by atomic mass is 32.1. The Labute approximate surface area is 124 Å². The van der Waals surface area contributed by atoms with E-state index in [0.29, 0.717) is 15.4 Å². The average molecular weight is 299 g/mol. The molecule has 0 radical (unpaired) electrons. The van der Waals surface area contributed by atoms with Crippen molar-refractivity contribution in [1.82, 2.24) is 4.98 Å². The first-order valence-electron chi connectivity index (χ1n) is 6.21. The van der Waals surface area contributed by atoms with E-state index in [1.165, 1.54) is 17.4 Å². The van der Waals surface area contributed by atoms with Gasteiger partial charge in [0, 0.05) is 5.56 Å². The first-order chi connectivity index (χ1) is 10.2. The molecule has 0 bridgehead atoms. The molecule has 0 unspecified atom stereocenters. The second kappa shape index (κ2) is 5.46. The molecule has 1 aromatic heterocycles. The van der Waals surface area contributed by atoms with E-state index in [2.05, 4.69) is 4.98 Å². The Morgan fingerprint density at radius 3 is 2.38 bits per heavy atom. The third kappa shape index (κ3) is 2.55. The van der Waals surface area contributed by atoms with Crippen molar-refractivity contribution in [2.24, 2.45) is 0 Å². The van der Waals surface area contributed by atoms with Crippen LogP contribution in [0.3, 0.4) is 0 Å². The van der Waals surface area contributed by atoms with Crippen LogP contribution in [-0.4, -0.2) is 16.1 Å². The number of carboxylic acids is 1. The SMILES string of the molecule is O=C(O)c1nc(-c2ccccc2F)sc1-c1ccccc1. The van der Waals surface area contributed by atoms with Crippen LogP contribution in [0.4, 0.5) is 4.39 Å². The van der Waals surface area contributed by atoms with E-state index in [-0.39, 0.29) is 5.69 Å². The van der Waals surface area contributed by atoms with E-state index in [0.717, 1.165) is 5.56 Å². The number of carboxylic acid groups (broad SMARTS) is 1. The van der Waals surface area contributed by atoms with Crippen LogP contribution in [0.2, 0.25) is 0 Å². The Morgan fingerprint density at radius 2 is 1.71 bits per heavy atom. The number of hydrogen-bond acceptors (Lipinski definition) is 3. The lowest BCUT2D eigenvalue weighted by Gasteiger charge is -1.97. The van der Waals surface area contributed by atoms with Crippen LogP contribution in [0, 0.1) is 5.82 Å². The van der Waals surface area contributed by atoms with E-state index >= 15 is 0 Å². The monoisotopic (exact) mass is 299 g/mol. The molecule has 0 aliphatic carbocycles. The molecule has 1 heterocycles. The Balaban J connectivity index is 2.18. The molecule has 0 saturated carbocycles. The van der Waals surface area contributed by atoms with Crippen LogP contribution in [0.1, 0.15) is 10.5 Å². The number of halogens is 1. The molecule has 0 amide bonds. The molecule has 0 fully saturated rings. The second-order valence-electron chi connectivity index (χ2n) is 4.35. The van der Waals surface area contributed by atoms with Gasteiger partial charge in [-0.3, -0.25) is 0 Å². The number of nitrogens with zero attached hydrogens (tertiary/aromatic N) is 1. The third-order valence-corrected chi connectivity index (χ3v) is 4.11. The zero-order chi connectivity index (χ0) is 14.8. The summed E-state index contributed by atoms with van der Waals surface area (Å²) in [6, 6.07) is 15.3. The lowest BCUT2D eigenvalue weighted by Crippen LogP contribution is -1.98. The Morgan fingerprint density at radius 1 is 1.05 bits per heavy atom. The van der Waals surface area contributed by atoms with Crippen LogP contribution in [0.25, 0.3) is 21.0 Å². The highest BCUT2D eigenvalue weighted by molar-refractivity contribution is 7.18. The number of hydrogen-bond donors (Lipinski definition) is 1. The van der Waals surface area contributed by atoms with Gasteiger partial charge in [-0.2, -0.15) is 0 Å². The minimum absolute atomic E-state index is 0.0514. The molecule has 1 N–H and O–H groups in total. The minimum Gasteiger partial charge on any atom is -0.476 e. The number of benzene rings is 2. The quantitative estimate of drug-likeness (QED) is 0.783. The van der Waals surface area contributed by atoms with E-state index in [1.54, 1.807) is 18.2 Å². The fraction of sp³-hybridized carbons (Fsp3) is 0. The summed E-state index contributed by atoms with van der Waals surface area (Å²) in [5.74, 6) is -1.53. The fourth-order valence-corrected chi connectivity index (χ4v) is 3.09. The highest BCUT2D eigenvalue weighted by Crippen LogP contribution is 2.36. The molecule has 3 nitrogen and oxygen atoms in total. The molecule has 2 aromatic carbocycles. The van der Waals surface area contributed by atoms with Crippen molar-refractivity contribution in [2.75, 3.05) is 0 Å². The van der Waals surface area contributed by atoms with Crippen molar-refractivity contribution < 1.29 is 14.3 Å². The molecule has 0 saturated heterocycles. The van der Waals surface area contributed by atoms with Crippen molar-refractivity contribution in [3.05, 3.63) is 66.1 Å². The van der Waals surface area contributed by atoms with Crippen LogP contribution in [0.5, 0.6) is 0 Å². The number of carbonyl (C=O) groups is 1. The lowest BCUT2D eigenvalue weighted by atomic mass is 10.1. The summed E-state index contributed by atoms with van der Waals surface area (Å²) >= 11 is 1.18. The zero-order valence-electron chi connectivity index (χ0n) is 10.8. The predicted molar refractivity (Wildman–Crippen MR) is 79.9 cm³/mol. The Kier molecular flexibility index (Phi) is 3.50. The number of rotatable bonds is 3. The van der Waals surface area contributed by atoms with Crippen molar-refractivity contribution in [3.63, 3.8) is 0 Å². The third-order valence-electron chi connectivity index (χ3n) is 2.97. The highest BCUT2D eigenvalue weighted by Gasteiger charge is 2.20. The lowest BCUT2D eigenvalue weighted by molar-refractivity contribution is 0.0692. The van der Waals surface area contributed by atoms with Crippen molar-refractivity contribution in [1.29, 1.82) is 0 Å². The molecular weight excluding hydrogens is 289 g/mol. The maximum atomic E-state index is 13.8. The van der Waals surface area contributed by atoms with Gasteiger partial charge in [0.05, 0.1) is 4.88 Å². The molecule has 3 aromatic rings. The van der Waals surface area contributed by atoms with Crippen LogP contribution >= 0.6 is 11.3 Å².